The van der Waals surface area contributed by atoms with Gasteiger partial charge in [0.15, 0.2) is 6.61 Å². The van der Waals surface area contributed by atoms with E-state index >= 15 is 0 Å². The van der Waals surface area contributed by atoms with Crippen LogP contribution >= 0.6 is 0 Å². The van der Waals surface area contributed by atoms with E-state index in [1.54, 1.807) is 19.2 Å². The number of carbonyl (C=O) groups excluding carboxylic acids is 2. The number of esters is 1. The van der Waals surface area contributed by atoms with Gasteiger partial charge < -0.3 is 14.8 Å². The number of benzene rings is 1. The molecule has 5 nitrogen and oxygen atoms in total. The molecular weight excluding hydrogens is 330 g/mol. The van der Waals surface area contributed by atoms with E-state index in [9.17, 15) is 9.59 Å². The summed E-state index contributed by atoms with van der Waals surface area (Å²) in [5.74, 6) is 2.26. The molecule has 1 aromatic rings. The van der Waals surface area contributed by atoms with Crippen molar-refractivity contribution in [3.8, 4) is 5.75 Å². The fraction of sp³-hybridized carbons (Fsp3) is 0.619. The first-order chi connectivity index (χ1) is 12.5. The molecular formula is C21H27NO4. The summed E-state index contributed by atoms with van der Waals surface area (Å²) < 4.78 is 10.5. The van der Waals surface area contributed by atoms with E-state index in [2.05, 4.69) is 5.32 Å². The van der Waals surface area contributed by atoms with Gasteiger partial charge in [-0.15, -0.1) is 0 Å². The molecule has 4 bridgehead atoms. The molecule has 140 valence electrons. The summed E-state index contributed by atoms with van der Waals surface area (Å²) in [7, 11) is 1.57. The lowest BCUT2D eigenvalue weighted by Crippen LogP contribution is -2.60. The van der Waals surface area contributed by atoms with Crippen LogP contribution in [0.1, 0.15) is 54.4 Å². The standard InChI is InChI=1S/C21H27NO4/c1-13-3-4-17(8-18(13)25-2)20(24)26-12-19(23)22-21-9-14-5-15(10-21)7-16(6-14)11-21/h3-4,8,14-16H,5-7,9-12H2,1-2H3,(H,22,23). The quantitative estimate of drug-likeness (QED) is 0.822. The maximum Gasteiger partial charge on any atom is 0.338 e. The molecule has 0 atom stereocenters. The van der Waals surface area contributed by atoms with Crippen molar-refractivity contribution in [2.45, 2.75) is 51.0 Å². The summed E-state index contributed by atoms with van der Waals surface area (Å²) >= 11 is 0. The van der Waals surface area contributed by atoms with Crippen LogP contribution in [-0.4, -0.2) is 31.1 Å². The number of rotatable bonds is 5. The maximum atomic E-state index is 12.4. The molecule has 4 aliphatic carbocycles. The number of nitrogens with one attached hydrogen (secondary N) is 1. The van der Waals surface area contributed by atoms with Crippen molar-refractivity contribution in [1.29, 1.82) is 0 Å². The van der Waals surface area contributed by atoms with Gasteiger partial charge in [0.1, 0.15) is 5.75 Å². The molecule has 0 saturated heterocycles. The Labute approximate surface area is 154 Å². The van der Waals surface area contributed by atoms with Crippen LogP contribution in [0.3, 0.4) is 0 Å². The molecule has 26 heavy (non-hydrogen) atoms. The van der Waals surface area contributed by atoms with Gasteiger partial charge in [-0.05, 0) is 80.9 Å². The highest BCUT2D eigenvalue weighted by Crippen LogP contribution is 2.55. The lowest BCUT2D eigenvalue weighted by molar-refractivity contribution is -0.130. The van der Waals surface area contributed by atoms with Gasteiger partial charge in [-0.1, -0.05) is 6.07 Å². The molecule has 0 aliphatic heterocycles. The van der Waals surface area contributed by atoms with Crippen molar-refractivity contribution in [2.75, 3.05) is 13.7 Å². The van der Waals surface area contributed by atoms with E-state index in [-0.39, 0.29) is 18.1 Å². The summed E-state index contributed by atoms with van der Waals surface area (Å²) in [4.78, 5) is 24.7. The minimum atomic E-state index is -0.496. The molecule has 5 rings (SSSR count). The zero-order valence-electron chi connectivity index (χ0n) is 15.5. The number of hydrogen-bond acceptors (Lipinski definition) is 4. The van der Waals surface area contributed by atoms with Gasteiger partial charge in [0.25, 0.3) is 5.91 Å². The minimum absolute atomic E-state index is 0.0503. The second-order valence-corrected chi connectivity index (χ2v) is 8.51. The first-order valence-corrected chi connectivity index (χ1v) is 9.59. The van der Waals surface area contributed by atoms with Gasteiger partial charge in [0.2, 0.25) is 0 Å². The molecule has 4 fully saturated rings. The molecule has 4 saturated carbocycles. The van der Waals surface area contributed by atoms with E-state index in [1.165, 1.54) is 19.3 Å². The van der Waals surface area contributed by atoms with Gasteiger partial charge in [-0.3, -0.25) is 4.79 Å². The van der Waals surface area contributed by atoms with Crippen LogP contribution in [0.4, 0.5) is 0 Å². The Bertz CT molecular complexity index is 691. The van der Waals surface area contributed by atoms with Crippen LogP contribution in [0.2, 0.25) is 0 Å². The molecule has 0 aromatic heterocycles. The third kappa shape index (κ3) is 3.31. The molecule has 1 aromatic carbocycles. The Morgan fingerprint density at radius 3 is 2.31 bits per heavy atom. The number of aryl methyl sites for hydroxylation is 1. The van der Waals surface area contributed by atoms with Crippen LogP contribution in [0.25, 0.3) is 0 Å². The van der Waals surface area contributed by atoms with Gasteiger partial charge in [-0.25, -0.2) is 4.79 Å². The van der Waals surface area contributed by atoms with E-state index < -0.39 is 5.97 Å². The second kappa shape index (κ2) is 6.60. The Hall–Kier alpha value is -2.04. The molecule has 0 radical (unpaired) electrons. The molecule has 1 amide bonds. The monoisotopic (exact) mass is 357 g/mol. The second-order valence-electron chi connectivity index (χ2n) is 8.51. The number of methoxy groups -OCH3 is 1. The van der Waals surface area contributed by atoms with Gasteiger partial charge in [-0.2, -0.15) is 0 Å². The van der Waals surface area contributed by atoms with Crippen molar-refractivity contribution in [1.82, 2.24) is 5.32 Å². The Morgan fingerprint density at radius 1 is 1.12 bits per heavy atom. The largest absolute Gasteiger partial charge is 0.496 e. The third-order valence-corrected chi connectivity index (χ3v) is 6.42. The van der Waals surface area contributed by atoms with Gasteiger partial charge >= 0.3 is 5.97 Å². The van der Waals surface area contributed by atoms with Crippen molar-refractivity contribution in [3.05, 3.63) is 29.3 Å². The summed E-state index contributed by atoms with van der Waals surface area (Å²) in [5.41, 5.74) is 1.30. The van der Waals surface area contributed by atoms with E-state index in [0.717, 1.165) is 42.6 Å². The number of hydrogen-bond donors (Lipinski definition) is 1. The molecule has 0 spiro atoms. The fourth-order valence-electron chi connectivity index (χ4n) is 5.76. The first kappa shape index (κ1) is 17.4. The summed E-state index contributed by atoms with van der Waals surface area (Å²) in [6.07, 6.45) is 7.27. The highest BCUT2D eigenvalue weighted by molar-refractivity contribution is 5.92. The van der Waals surface area contributed by atoms with Gasteiger partial charge in [0, 0.05) is 5.54 Å². The van der Waals surface area contributed by atoms with Crippen LogP contribution in [-0.2, 0) is 9.53 Å². The summed E-state index contributed by atoms with van der Waals surface area (Å²) in [6.45, 7) is 1.68. The Balaban J connectivity index is 1.33. The zero-order valence-corrected chi connectivity index (χ0v) is 15.5. The van der Waals surface area contributed by atoms with E-state index in [4.69, 9.17) is 9.47 Å². The topological polar surface area (TPSA) is 64.6 Å². The number of carbonyl (C=O) groups is 2. The zero-order chi connectivity index (χ0) is 18.3. The molecule has 5 heteroatoms. The van der Waals surface area contributed by atoms with Crippen LogP contribution in [0, 0.1) is 24.7 Å². The Morgan fingerprint density at radius 2 is 1.73 bits per heavy atom. The first-order valence-electron chi connectivity index (χ1n) is 9.59. The number of ether oxygens (including phenoxy) is 2. The van der Waals surface area contributed by atoms with E-state index in [0.29, 0.717) is 11.3 Å². The normalized spacial score (nSPS) is 31.5. The van der Waals surface area contributed by atoms with Crippen molar-refractivity contribution in [2.24, 2.45) is 17.8 Å². The van der Waals surface area contributed by atoms with Crippen LogP contribution in [0.5, 0.6) is 5.75 Å². The summed E-state index contributed by atoms with van der Waals surface area (Å²) in [6, 6.07) is 5.15. The molecule has 4 aliphatic rings. The highest BCUT2D eigenvalue weighted by Gasteiger charge is 2.51. The van der Waals surface area contributed by atoms with Crippen molar-refractivity contribution >= 4 is 11.9 Å². The average Bonchev–Trinajstić information content (AvgIpc) is 2.58. The predicted molar refractivity (Wildman–Crippen MR) is 97.1 cm³/mol. The SMILES string of the molecule is COc1cc(C(=O)OCC(=O)NC23CC4CC(CC(C4)C2)C3)ccc1C. The smallest absolute Gasteiger partial charge is 0.338 e. The van der Waals surface area contributed by atoms with Crippen molar-refractivity contribution < 1.29 is 19.1 Å². The minimum Gasteiger partial charge on any atom is -0.496 e. The molecule has 0 heterocycles. The van der Waals surface area contributed by atoms with Crippen molar-refractivity contribution in [3.63, 3.8) is 0 Å². The van der Waals surface area contributed by atoms with Gasteiger partial charge in [0.05, 0.1) is 12.7 Å². The summed E-state index contributed by atoms with van der Waals surface area (Å²) in [5, 5.41) is 3.22. The molecule has 1 N–H and O–H groups in total. The predicted octanol–water partition coefficient (Wildman–Crippen LogP) is 3.25. The van der Waals surface area contributed by atoms with Crippen LogP contribution in [0.15, 0.2) is 18.2 Å². The fourth-order valence-corrected chi connectivity index (χ4v) is 5.76. The number of amides is 1. The molecule has 0 unspecified atom stereocenters. The van der Waals surface area contributed by atoms with Crippen LogP contribution < -0.4 is 10.1 Å². The maximum absolute atomic E-state index is 12.4. The lowest BCUT2D eigenvalue weighted by atomic mass is 9.53. The average molecular weight is 357 g/mol. The Kier molecular flexibility index (Phi) is 4.41. The third-order valence-electron chi connectivity index (χ3n) is 6.42. The lowest BCUT2D eigenvalue weighted by Gasteiger charge is -2.56. The van der Waals surface area contributed by atoms with E-state index in [1.807, 2.05) is 13.0 Å². The highest BCUT2D eigenvalue weighted by atomic mass is 16.5.